The lowest BCUT2D eigenvalue weighted by molar-refractivity contribution is -0.137. The van der Waals surface area contributed by atoms with Crippen molar-refractivity contribution in [1.82, 2.24) is 9.88 Å². The van der Waals surface area contributed by atoms with E-state index in [0.717, 1.165) is 54.8 Å². The first kappa shape index (κ1) is 21.6. The predicted molar refractivity (Wildman–Crippen MR) is 118 cm³/mol. The Balaban J connectivity index is 1.78. The van der Waals surface area contributed by atoms with Gasteiger partial charge in [0.2, 0.25) is 0 Å². The number of benzene rings is 1. The molecule has 0 radical (unpaired) electrons. The molecular weight excluding hydrogens is 396 g/mol. The Morgan fingerprint density at radius 3 is 2.68 bits per heavy atom. The molecule has 1 fully saturated rings. The molecule has 7 heteroatoms. The number of hydrogen-bond donors (Lipinski definition) is 1. The maximum Gasteiger partial charge on any atom is 0.337 e. The highest BCUT2D eigenvalue weighted by Crippen LogP contribution is 2.48. The summed E-state index contributed by atoms with van der Waals surface area (Å²) >= 11 is 0. The second-order valence-electron chi connectivity index (χ2n) is 8.31. The maximum atomic E-state index is 12.5. The van der Waals surface area contributed by atoms with Crippen molar-refractivity contribution < 1.29 is 23.7 Å². The first-order valence-electron chi connectivity index (χ1n) is 10.9. The number of fused-ring (bicyclic) bond motifs is 5. The number of aromatic nitrogens is 1. The molecule has 0 saturated carbocycles. The van der Waals surface area contributed by atoms with E-state index >= 15 is 0 Å². The van der Waals surface area contributed by atoms with Gasteiger partial charge in [-0.1, -0.05) is 13.3 Å². The molecule has 0 bridgehead atoms. The average molecular weight is 429 g/mol. The lowest BCUT2D eigenvalue weighted by Crippen LogP contribution is -2.47. The molecule has 7 nitrogen and oxygen atoms in total. The summed E-state index contributed by atoms with van der Waals surface area (Å²) in [6.45, 7) is 4.12. The van der Waals surface area contributed by atoms with Crippen LogP contribution in [0.4, 0.5) is 0 Å². The quantitative estimate of drug-likeness (QED) is 0.428. The second-order valence-corrected chi connectivity index (χ2v) is 8.31. The minimum absolute atomic E-state index is 0.0763. The van der Waals surface area contributed by atoms with E-state index in [0.29, 0.717) is 11.5 Å². The molecule has 1 saturated heterocycles. The van der Waals surface area contributed by atoms with Gasteiger partial charge in [0.15, 0.2) is 11.5 Å². The van der Waals surface area contributed by atoms with Gasteiger partial charge in [0, 0.05) is 29.7 Å². The Kier molecular flexibility index (Phi) is 6.14. The first-order valence-corrected chi connectivity index (χ1v) is 10.9. The highest BCUT2D eigenvalue weighted by atomic mass is 16.5. The fraction of sp³-hybridized carbons (Fsp3) is 0.542. The molecule has 0 amide bonds. The number of hydrogen-bond acceptors (Lipinski definition) is 6. The number of aromatic amines is 1. The lowest BCUT2D eigenvalue weighted by Gasteiger charge is -2.46. The second kappa shape index (κ2) is 8.83. The Bertz CT molecular complexity index is 996. The summed E-state index contributed by atoms with van der Waals surface area (Å²) in [6.07, 6.45) is 4.35. The van der Waals surface area contributed by atoms with Crippen molar-refractivity contribution in [1.29, 1.82) is 0 Å². The van der Waals surface area contributed by atoms with Gasteiger partial charge < -0.3 is 23.9 Å². The molecule has 1 aromatic carbocycles. The van der Waals surface area contributed by atoms with Crippen LogP contribution in [0.15, 0.2) is 24.0 Å². The summed E-state index contributed by atoms with van der Waals surface area (Å²) in [7, 11) is 6.36. The molecule has 4 rings (SSSR count). The van der Waals surface area contributed by atoms with E-state index < -0.39 is 0 Å². The zero-order chi connectivity index (χ0) is 22.1. The van der Waals surface area contributed by atoms with E-state index in [9.17, 15) is 4.79 Å². The molecule has 1 aromatic heterocycles. The number of esters is 1. The van der Waals surface area contributed by atoms with Gasteiger partial charge >= 0.3 is 5.97 Å². The van der Waals surface area contributed by atoms with Gasteiger partial charge in [0.05, 0.1) is 46.3 Å². The van der Waals surface area contributed by atoms with E-state index in [4.69, 9.17) is 18.9 Å². The minimum Gasteiger partial charge on any atom is -0.504 e. The van der Waals surface area contributed by atoms with Crippen molar-refractivity contribution in [2.75, 3.05) is 41.5 Å². The third-order valence-electron chi connectivity index (χ3n) is 6.97. The van der Waals surface area contributed by atoms with E-state index in [1.165, 1.54) is 18.4 Å². The van der Waals surface area contributed by atoms with Crippen LogP contribution in [0.25, 0.3) is 10.9 Å². The number of nitrogens with zero attached hydrogens (tertiary/aromatic N) is 1. The van der Waals surface area contributed by atoms with Crippen LogP contribution in [0.2, 0.25) is 0 Å². The summed E-state index contributed by atoms with van der Waals surface area (Å²) < 4.78 is 21.6. The number of piperidine rings is 1. The number of carbonyl (C=O) groups excluding carboxylic acids is 1. The Morgan fingerprint density at radius 2 is 2.03 bits per heavy atom. The Labute approximate surface area is 183 Å². The number of methoxy groups -OCH3 is 4. The fourth-order valence-corrected chi connectivity index (χ4v) is 5.50. The lowest BCUT2D eigenvalue weighted by atomic mass is 9.74. The van der Waals surface area contributed by atoms with Gasteiger partial charge in [-0.25, -0.2) is 4.79 Å². The van der Waals surface area contributed by atoms with Crippen LogP contribution in [0.5, 0.6) is 11.5 Å². The Morgan fingerprint density at radius 1 is 1.23 bits per heavy atom. The summed E-state index contributed by atoms with van der Waals surface area (Å²) in [5, 5.41) is 1.10. The topological polar surface area (TPSA) is 73.0 Å². The zero-order valence-electron chi connectivity index (χ0n) is 19.0. The van der Waals surface area contributed by atoms with Crippen LogP contribution in [0.1, 0.15) is 37.1 Å². The number of H-pyrrole nitrogens is 1. The molecule has 1 N–H and O–H groups in total. The minimum atomic E-state index is -0.308. The average Bonchev–Trinajstić information content (AvgIpc) is 3.19. The van der Waals surface area contributed by atoms with Gasteiger partial charge in [-0.2, -0.15) is 0 Å². The summed E-state index contributed by atoms with van der Waals surface area (Å²) in [6, 6.07) is 4.19. The number of carbonyl (C=O) groups is 1. The van der Waals surface area contributed by atoms with Crippen molar-refractivity contribution >= 4 is 16.9 Å². The first-order chi connectivity index (χ1) is 15.1. The highest BCUT2D eigenvalue weighted by Gasteiger charge is 2.42. The van der Waals surface area contributed by atoms with Crippen LogP contribution in [0.3, 0.4) is 0 Å². The van der Waals surface area contributed by atoms with Crippen LogP contribution >= 0.6 is 0 Å². The molecule has 31 heavy (non-hydrogen) atoms. The van der Waals surface area contributed by atoms with E-state index in [1.807, 2.05) is 6.07 Å². The van der Waals surface area contributed by atoms with Crippen LogP contribution in [-0.4, -0.2) is 57.4 Å². The summed E-state index contributed by atoms with van der Waals surface area (Å²) in [4.78, 5) is 18.8. The molecule has 2 aromatic rings. The van der Waals surface area contributed by atoms with Crippen molar-refractivity contribution in [3.8, 4) is 11.5 Å². The van der Waals surface area contributed by atoms with Gasteiger partial charge in [-0.3, -0.25) is 4.90 Å². The molecule has 3 heterocycles. The number of ether oxygens (including phenoxy) is 4. The van der Waals surface area contributed by atoms with Gasteiger partial charge in [0.1, 0.15) is 0 Å². The van der Waals surface area contributed by atoms with Crippen LogP contribution < -0.4 is 9.47 Å². The van der Waals surface area contributed by atoms with Crippen molar-refractivity contribution in [3.63, 3.8) is 0 Å². The predicted octanol–water partition coefficient (Wildman–Crippen LogP) is 3.83. The molecule has 168 valence electrons. The van der Waals surface area contributed by atoms with Crippen molar-refractivity contribution in [2.24, 2.45) is 11.8 Å². The van der Waals surface area contributed by atoms with E-state index in [-0.39, 0.29) is 17.9 Å². The SMILES string of the molecule is CC[C@@H]1CN2CCc3c([nH]c4ccc(OC)c(OC)c34)[C@@H]2C[C@@H]1/C(=C\OC)C(=O)OC. The van der Waals surface area contributed by atoms with Gasteiger partial charge in [-0.05, 0) is 42.4 Å². The number of nitrogens with one attached hydrogen (secondary N) is 1. The molecule has 0 aliphatic carbocycles. The molecule has 2 aliphatic heterocycles. The fourth-order valence-electron chi connectivity index (χ4n) is 5.50. The standard InChI is InChI=1S/C24H32N2O5/c1-6-14-12-26-10-9-15-21-18(7-8-20(29-3)23(21)30-4)25-22(15)19(26)11-16(14)17(13-28-2)24(27)31-5/h7-8,13-14,16,19,25H,6,9-12H2,1-5H3/b17-13+/t14-,16+,19+/m1/s1. The third kappa shape index (κ3) is 3.55. The molecule has 3 atom stereocenters. The summed E-state index contributed by atoms with van der Waals surface area (Å²) in [5.41, 5.74) is 4.18. The largest absolute Gasteiger partial charge is 0.504 e. The normalized spacial score (nSPS) is 23.8. The number of rotatable bonds is 6. The Hall–Kier alpha value is -2.67. The molecule has 2 aliphatic rings. The van der Waals surface area contributed by atoms with Crippen molar-refractivity contribution in [3.05, 3.63) is 35.2 Å². The molecular formula is C24H32N2O5. The monoisotopic (exact) mass is 428 g/mol. The smallest absolute Gasteiger partial charge is 0.337 e. The third-order valence-corrected chi connectivity index (χ3v) is 6.97. The van der Waals surface area contributed by atoms with Gasteiger partial charge in [-0.15, -0.1) is 0 Å². The molecule has 0 spiro atoms. The van der Waals surface area contributed by atoms with Gasteiger partial charge in [0.25, 0.3) is 0 Å². The maximum absolute atomic E-state index is 12.5. The van der Waals surface area contributed by atoms with Crippen molar-refractivity contribution in [2.45, 2.75) is 32.2 Å². The van der Waals surface area contributed by atoms with Crippen LogP contribution in [-0.2, 0) is 20.7 Å². The van der Waals surface area contributed by atoms with E-state index in [2.05, 4.69) is 22.9 Å². The molecule has 0 unspecified atom stereocenters. The van der Waals surface area contributed by atoms with E-state index in [1.54, 1.807) is 27.6 Å². The zero-order valence-corrected chi connectivity index (χ0v) is 19.0. The van der Waals surface area contributed by atoms with Crippen LogP contribution in [0, 0.1) is 11.8 Å². The summed E-state index contributed by atoms with van der Waals surface area (Å²) in [5.74, 6) is 1.66. The highest BCUT2D eigenvalue weighted by molar-refractivity contribution is 5.93.